The molecule has 0 fully saturated rings. The summed E-state index contributed by atoms with van der Waals surface area (Å²) in [5.74, 6) is -1.49. The van der Waals surface area contributed by atoms with E-state index in [9.17, 15) is 9.18 Å². The van der Waals surface area contributed by atoms with Gasteiger partial charge in [0.15, 0.2) is 11.9 Å². The molecule has 0 aliphatic heterocycles. The molecule has 0 aromatic rings. The van der Waals surface area contributed by atoms with Crippen molar-refractivity contribution in [2.24, 2.45) is 0 Å². The molecule has 0 saturated carbocycles. The summed E-state index contributed by atoms with van der Waals surface area (Å²) in [4.78, 5) is 10.7. The Labute approximate surface area is 72.9 Å². The van der Waals surface area contributed by atoms with Crippen LogP contribution in [0, 0.1) is 0 Å². The van der Waals surface area contributed by atoms with Crippen molar-refractivity contribution in [3.8, 4) is 0 Å². The SMILES string of the molecule is O=C([C@@H](O)C(O)F)[C@H](O)[C@H](O)CO. The summed E-state index contributed by atoms with van der Waals surface area (Å²) in [6.07, 6.45) is -9.17. The quantitative estimate of drug-likeness (QED) is 0.319. The van der Waals surface area contributed by atoms with E-state index in [0.717, 1.165) is 0 Å². The third-order valence-electron chi connectivity index (χ3n) is 1.40. The average molecular weight is 198 g/mol. The topological polar surface area (TPSA) is 118 Å². The zero-order valence-corrected chi connectivity index (χ0v) is 6.54. The minimum Gasteiger partial charge on any atom is -0.394 e. The van der Waals surface area contributed by atoms with Gasteiger partial charge in [0.1, 0.15) is 12.2 Å². The summed E-state index contributed by atoms with van der Waals surface area (Å²) in [5, 5.41) is 42.5. The Balaban J connectivity index is 4.25. The van der Waals surface area contributed by atoms with Crippen molar-refractivity contribution in [3.63, 3.8) is 0 Å². The number of aliphatic hydroxyl groups is 5. The summed E-state index contributed by atoms with van der Waals surface area (Å²) in [6.45, 7) is -0.915. The van der Waals surface area contributed by atoms with Crippen LogP contribution in [0.1, 0.15) is 0 Å². The zero-order chi connectivity index (χ0) is 10.6. The highest BCUT2D eigenvalue weighted by Gasteiger charge is 2.33. The van der Waals surface area contributed by atoms with Gasteiger partial charge in [0.2, 0.25) is 6.36 Å². The maximum atomic E-state index is 11.9. The number of alkyl halides is 1. The van der Waals surface area contributed by atoms with Gasteiger partial charge >= 0.3 is 0 Å². The van der Waals surface area contributed by atoms with E-state index in [1.165, 1.54) is 0 Å². The molecule has 7 heteroatoms. The minimum absolute atomic E-state index is 0.915. The summed E-state index contributed by atoms with van der Waals surface area (Å²) >= 11 is 0. The van der Waals surface area contributed by atoms with Crippen LogP contribution in [0.5, 0.6) is 0 Å². The molecule has 0 aromatic carbocycles. The Kier molecular flexibility index (Phi) is 4.96. The number of carbonyl (C=O) groups is 1. The highest BCUT2D eigenvalue weighted by molar-refractivity contribution is 5.87. The number of aliphatic hydroxyl groups excluding tert-OH is 5. The van der Waals surface area contributed by atoms with Crippen molar-refractivity contribution in [2.45, 2.75) is 24.7 Å². The predicted octanol–water partition coefficient (Wildman–Crippen LogP) is -3.08. The lowest BCUT2D eigenvalue weighted by Crippen LogP contribution is -2.45. The lowest BCUT2D eigenvalue weighted by Gasteiger charge is -2.17. The molecule has 6 nitrogen and oxygen atoms in total. The van der Waals surface area contributed by atoms with E-state index < -0.39 is 37.1 Å². The number of hydrogen-bond acceptors (Lipinski definition) is 6. The van der Waals surface area contributed by atoms with Gasteiger partial charge in [-0.2, -0.15) is 0 Å². The van der Waals surface area contributed by atoms with Crippen LogP contribution in [0.2, 0.25) is 0 Å². The summed E-state index contributed by atoms with van der Waals surface area (Å²) in [7, 11) is 0. The number of rotatable bonds is 5. The van der Waals surface area contributed by atoms with Gasteiger partial charge in [-0.3, -0.25) is 4.79 Å². The Bertz CT molecular complexity index is 173. The highest BCUT2D eigenvalue weighted by Crippen LogP contribution is 2.03. The van der Waals surface area contributed by atoms with Gasteiger partial charge in [-0.1, -0.05) is 0 Å². The second-order valence-corrected chi connectivity index (χ2v) is 2.41. The maximum absolute atomic E-state index is 11.9. The van der Waals surface area contributed by atoms with Crippen molar-refractivity contribution >= 4 is 5.78 Å². The number of ketones is 1. The standard InChI is InChI=1S/C6H11FO6/c7-6(13)5(12)4(11)3(10)2(9)1-8/h2-3,5-6,8-10,12-13H,1H2/t2-,3-,5-,6?/m1/s1. The van der Waals surface area contributed by atoms with Crippen LogP contribution >= 0.6 is 0 Å². The van der Waals surface area contributed by atoms with Crippen molar-refractivity contribution in [3.05, 3.63) is 0 Å². The summed E-state index contributed by atoms with van der Waals surface area (Å²) in [6, 6.07) is 0. The molecule has 0 amide bonds. The van der Waals surface area contributed by atoms with E-state index in [-0.39, 0.29) is 0 Å². The number of hydrogen-bond donors (Lipinski definition) is 5. The molecule has 0 saturated heterocycles. The van der Waals surface area contributed by atoms with E-state index in [4.69, 9.17) is 25.5 Å². The second kappa shape index (κ2) is 5.20. The first-order valence-electron chi connectivity index (χ1n) is 3.42. The summed E-state index contributed by atoms with van der Waals surface area (Å²) in [5.41, 5.74) is 0. The van der Waals surface area contributed by atoms with E-state index in [2.05, 4.69) is 0 Å². The van der Waals surface area contributed by atoms with Gasteiger partial charge < -0.3 is 25.5 Å². The number of carbonyl (C=O) groups excluding carboxylic acids is 1. The molecule has 0 aliphatic carbocycles. The maximum Gasteiger partial charge on any atom is 0.229 e. The molecule has 5 N–H and O–H groups in total. The molecule has 4 atom stereocenters. The normalized spacial score (nSPS) is 20.5. The first kappa shape index (κ1) is 12.4. The van der Waals surface area contributed by atoms with Crippen LogP contribution in [0.15, 0.2) is 0 Å². The van der Waals surface area contributed by atoms with E-state index in [0.29, 0.717) is 0 Å². The minimum atomic E-state index is -2.83. The highest BCUT2D eigenvalue weighted by atomic mass is 19.1. The van der Waals surface area contributed by atoms with Crippen LogP contribution in [0.25, 0.3) is 0 Å². The Morgan fingerprint density at radius 1 is 1.15 bits per heavy atom. The third-order valence-corrected chi connectivity index (χ3v) is 1.40. The molecule has 0 rings (SSSR count). The average Bonchev–Trinajstić information content (AvgIpc) is 2.12. The fourth-order valence-electron chi connectivity index (χ4n) is 0.600. The van der Waals surface area contributed by atoms with Crippen LogP contribution in [0.4, 0.5) is 4.39 Å². The second-order valence-electron chi connectivity index (χ2n) is 2.41. The molecule has 0 radical (unpaired) electrons. The van der Waals surface area contributed by atoms with Crippen molar-refractivity contribution in [2.75, 3.05) is 6.61 Å². The molecule has 78 valence electrons. The summed E-state index contributed by atoms with van der Waals surface area (Å²) < 4.78 is 11.9. The predicted molar refractivity (Wildman–Crippen MR) is 37.2 cm³/mol. The smallest absolute Gasteiger partial charge is 0.229 e. The van der Waals surface area contributed by atoms with E-state index in [1.807, 2.05) is 0 Å². The van der Waals surface area contributed by atoms with Crippen LogP contribution in [0.3, 0.4) is 0 Å². The van der Waals surface area contributed by atoms with E-state index >= 15 is 0 Å². The fraction of sp³-hybridized carbons (Fsp3) is 0.833. The molecule has 0 aliphatic rings. The van der Waals surface area contributed by atoms with Crippen LogP contribution in [-0.2, 0) is 4.79 Å². The first-order valence-corrected chi connectivity index (χ1v) is 3.42. The number of Topliss-reactive ketones (excluding diaryl/α,β-unsaturated/α-hetero) is 1. The Morgan fingerprint density at radius 3 is 1.92 bits per heavy atom. The molecule has 0 heterocycles. The lowest BCUT2D eigenvalue weighted by molar-refractivity contribution is -0.156. The first-order chi connectivity index (χ1) is 5.91. The fourth-order valence-corrected chi connectivity index (χ4v) is 0.600. The molecule has 13 heavy (non-hydrogen) atoms. The van der Waals surface area contributed by atoms with Gasteiger partial charge in [-0.15, -0.1) is 0 Å². The molecule has 0 aromatic heterocycles. The molecule has 1 unspecified atom stereocenters. The number of halogens is 1. The monoisotopic (exact) mass is 198 g/mol. The van der Waals surface area contributed by atoms with Crippen molar-refractivity contribution in [1.29, 1.82) is 0 Å². The van der Waals surface area contributed by atoms with E-state index in [1.54, 1.807) is 0 Å². The molecular weight excluding hydrogens is 187 g/mol. The molecule has 0 bridgehead atoms. The third kappa shape index (κ3) is 3.33. The lowest BCUT2D eigenvalue weighted by atomic mass is 10.1. The van der Waals surface area contributed by atoms with Crippen LogP contribution in [-0.4, -0.2) is 62.6 Å². The van der Waals surface area contributed by atoms with Gasteiger partial charge in [0.25, 0.3) is 0 Å². The molecular formula is C6H11FO6. The van der Waals surface area contributed by atoms with Gasteiger partial charge in [0.05, 0.1) is 6.61 Å². The Morgan fingerprint density at radius 2 is 1.62 bits per heavy atom. The largest absolute Gasteiger partial charge is 0.394 e. The Hall–Kier alpha value is -0.600. The van der Waals surface area contributed by atoms with Crippen LogP contribution < -0.4 is 0 Å². The van der Waals surface area contributed by atoms with Gasteiger partial charge in [0, 0.05) is 0 Å². The molecule has 0 spiro atoms. The van der Waals surface area contributed by atoms with Crippen molar-refractivity contribution < 1.29 is 34.7 Å². The van der Waals surface area contributed by atoms with Gasteiger partial charge in [-0.25, -0.2) is 4.39 Å². The van der Waals surface area contributed by atoms with Gasteiger partial charge in [-0.05, 0) is 0 Å². The van der Waals surface area contributed by atoms with Crippen molar-refractivity contribution in [1.82, 2.24) is 0 Å². The zero-order valence-electron chi connectivity index (χ0n) is 6.54.